The van der Waals surface area contributed by atoms with Crippen molar-refractivity contribution in [2.24, 2.45) is 0 Å². The van der Waals surface area contributed by atoms with E-state index in [-0.39, 0.29) is 6.07 Å². The predicted octanol–water partition coefficient (Wildman–Crippen LogP) is 4.85. The number of aryl methyl sites for hydroxylation is 1. The second-order valence-corrected chi connectivity index (χ2v) is 3.57. The number of hydrogen-bond donors (Lipinski definition) is 0. The molecule has 0 aliphatic heterocycles. The molecule has 0 aromatic heterocycles. The zero-order valence-electron chi connectivity index (χ0n) is 8.98. The SMILES string of the molecule is Cc1[c]cc(C(F)(F)F)c(C(F)(F)F)c1C(F)(F)F. The van der Waals surface area contributed by atoms with Crippen molar-refractivity contribution < 1.29 is 39.5 Å². The fraction of sp³-hybridized carbons (Fsp3) is 0.400. The Labute approximate surface area is 100 Å². The van der Waals surface area contributed by atoms with Crippen LogP contribution in [0.15, 0.2) is 6.07 Å². The lowest BCUT2D eigenvalue weighted by molar-refractivity contribution is -0.174. The van der Waals surface area contributed by atoms with Crippen LogP contribution in [0, 0.1) is 13.0 Å². The van der Waals surface area contributed by atoms with Crippen molar-refractivity contribution >= 4 is 0 Å². The molecule has 1 rings (SSSR count). The summed E-state index contributed by atoms with van der Waals surface area (Å²) in [5.74, 6) is 0. The second kappa shape index (κ2) is 4.31. The minimum absolute atomic E-state index is 0.132. The van der Waals surface area contributed by atoms with Crippen molar-refractivity contribution in [3.63, 3.8) is 0 Å². The molecule has 0 saturated heterocycles. The van der Waals surface area contributed by atoms with Crippen molar-refractivity contribution in [1.82, 2.24) is 0 Å². The summed E-state index contributed by atoms with van der Waals surface area (Å²) in [4.78, 5) is 0. The van der Waals surface area contributed by atoms with Gasteiger partial charge in [0.25, 0.3) is 0 Å². The zero-order chi connectivity index (χ0) is 15.2. The highest BCUT2D eigenvalue weighted by molar-refractivity contribution is 5.45. The second-order valence-electron chi connectivity index (χ2n) is 3.57. The van der Waals surface area contributed by atoms with Crippen molar-refractivity contribution in [1.29, 1.82) is 0 Å². The molecule has 1 radical (unpaired) electrons. The molecule has 0 atom stereocenters. The van der Waals surface area contributed by atoms with Gasteiger partial charge >= 0.3 is 18.5 Å². The van der Waals surface area contributed by atoms with Gasteiger partial charge in [0.15, 0.2) is 0 Å². The summed E-state index contributed by atoms with van der Waals surface area (Å²) in [6.07, 6.45) is -16.9. The van der Waals surface area contributed by atoms with Gasteiger partial charge in [0.1, 0.15) is 0 Å². The third kappa shape index (κ3) is 3.13. The van der Waals surface area contributed by atoms with Crippen LogP contribution in [0.5, 0.6) is 0 Å². The Bertz CT molecular complexity index is 475. The molecule has 0 nitrogen and oxygen atoms in total. The molecule has 0 spiro atoms. The summed E-state index contributed by atoms with van der Waals surface area (Å²) in [5, 5.41) is 0. The molecule has 19 heavy (non-hydrogen) atoms. The molecule has 9 heteroatoms. The van der Waals surface area contributed by atoms with Gasteiger partial charge in [0, 0.05) is 0 Å². The van der Waals surface area contributed by atoms with E-state index in [1.54, 1.807) is 6.07 Å². The summed E-state index contributed by atoms with van der Waals surface area (Å²) in [5.41, 5.74) is -8.55. The van der Waals surface area contributed by atoms with Crippen LogP contribution >= 0.6 is 0 Å². The largest absolute Gasteiger partial charge is 0.417 e. The van der Waals surface area contributed by atoms with Crippen LogP contribution in [0.3, 0.4) is 0 Å². The van der Waals surface area contributed by atoms with Gasteiger partial charge in [0.05, 0.1) is 16.7 Å². The fourth-order valence-corrected chi connectivity index (χ4v) is 1.52. The number of alkyl halides is 9. The predicted molar refractivity (Wildman–Crippen MR) is 45.0 cm³/mol. The van der Waals surface area contributed by atoms with Crippen LogP contribution in [0.25, 0.3) is 0 Å². The summed E-state index contributed by atoms with van der Waals surface area (Å²) in [6.45, 7) is 0.609. The van der Waals surface area contributed by atoms with Gasteiger partial charge in [-0.05, 0) is 24.6 Å². The van der Waals surface area contributed by atoms with Crippen molar-refractivity contribution in [2.45, 2.75) is 25.5 Å². The van der Waals surface area contributed by atoms with Crippen LogP contribution in [0.2, 0.25) is 0 Å². The van der Waals surface area contributed by atoms with Crippen molar-refractivity contribution in [3.8, 4) is 0 Å². The van der Waals surface area contributed by atoms with E-state index in [1.807, 2.05) is 0 Å². The topological polar surface area (TPSA) is 0 Å². The molecule has 0 aliphatic rings. The monoisotopic (exact) mass is 295 g/mol. The van der Waals surface area contributed by atoms with Crippen molar-refractivity contribution in [2.75, 3.05) is 0 Å². The molecule has 0 aliphatic carbocycles. The van der Waals surface area contributed by atoms with E-state index in [2.05, 4.69) is 0 Å². The van der Waals surface area contributed by atoms with E-state index in [0.29, 0.717) is 6.92 Å². The molecule has 0 heterocycles. The highest BCUT2D eigenvalue weighted by atomic mass is 19.4. The third-order valence-electron chi connectivity index (χ3n) is 2.20. The lowest BCUT2D eigenvalue weighted by Crippen LogP contribution is -2.24. The highest BCUT2D eigenvalue weighted by Gasteiger charge is 2.50. The van der Waals surface area contributed by atoms with Crippen LogP contribution in [0.4, 0.5) is 39.5 Å². The van der Waals surface area contributed by atoms with Gasteiger partial charge in [-0.15, -0.1) is 0 Å². The number of rotatable bonds is 0. The van der Waals surface area contributed by atoms with Crippen LogP contribution < -0.4 is 0 Å². The van der Waals surface area contributed by atoms with Crippen LogP contribution in [-0.2, 0) is 18.5 Å². The van der Waals surface area contributed by atoms with E-state index in [0.717, 1.165) is 0 Å². The average Bonchev–Trinajstić information content (AvgIpc) is 2.11. The first-order chi connectivity index (χ1) is 8.26. The Morgan fingerprint density at radius 3 is 1.47 bits per heavy atom. The lowest BCUT2D eigenvalue weighted by atomic mass is 9.95. The summed E-state index contributed by atoms with van der Waals surface area (Å²) >= 11 is 0. The van der Waals surface area contributed by atoms with E-state index >= 15 is 0 Å². The first-order valence-electron chi connectivity index (χ1n) is 4.53. The first kappa shape index (κ1) is 15.6. The van der Waals surface area contributed by atoms with Crippen molar-refractivity contribution in [3.05, 3.63) is 34.4 Å². The maximum atomic E-state index is 12.5. The molecular weight excluding hydrogens is 291 g/mol. The van der Waals surface area contributed by atoms with E-state index in [1.165, 1.54) is 0 Å². The average molecular weight is 295 g/mol. The molecule has 0 N–H and O–H groups in total. The summed E-state index contributed by atoms with van der Waals surface area (Å²) in [6, 6.07) is 1.42. The standard InChI is InChI=1S/C10H4F9/c1-4-2-3-5(8(11,12)13)7(10(17,18)19)6(4)9(14,15)16/h3H,1H3. The zero-order valence-corrected chi connectivity index (χ0v) is 8.98. The van der Waals surface area contributed by atoms with Crippen LogP contribution in [0.1, 0.15) is 22.3 Å². The molecule has 0 unspecified atom stereocenters. The van der Waals surface area contributed by atoms with Gasteiger partial charge in [-0.2, -0.15) is 39.5 Å². The van der Waals surface area contributed by atoms with E-state index < -0.39 is 40.8 Å². The Morgan fingerprint density at radius 2 is 1.16 bits per heavy atom. The quantitative estimate of drug-likeness (QED) is 0.600. The lowest BCUT2D eigenvalue weighted by Gasteiger charge is -2.21. The Morgan fingerprint density at radius 1 is 0.737 bits per heavy atom. The molecular formula is C10H4F9. The third-order valence-corrected chi connectivity index (χ3v) is 2.20. The van der Waals surface area contributed by atoms with Gasteiger partial charge < -0.3 is 0 Å². The first-order valence-corrected chi connectivity index (χ1v) is 4.53. The number of hydrogen-bond acceptors (Lipinski definition) is 0. The maximum Gasteiger partial charge on any atom is 0.417 e. The highest BCUT2D eigenvalue weighted by Crippen LogP contribution is 2.47. The summed E-state index contributed by atoms with van der Waals surface area (Å²) in [7, 11) is 0. The molecule has 0 saturated carbocycles. The Kier molecular flexibility index (Phi) is 3.55. The Balaban J connectivity index is 3.82. The molecule has 1 aromatic rings. The smallest absolute Gasteiger partial charge is 0.166 e. The van der Waals surface area contributed by atoms with E-state index in [4.69, 9.17) is 0 Å². The molecule has 107 valence electrons. The van der Waals surface area contributed by atoms with Gasteiger partial charge in [-0.25, -0.2) is 0 Å². The van der Waals surface area contributed by atoms with Gasteiger partial charge in [-0.1, -0.05) is 0 Å². The van der Waals surface area contributed by atoms with Gasteiger partial charge in [-0.3, -0.25) is 0 Å². The normalized spacial score (nSPS) is 13.8. The minimum atomic E-state index is -5.78. The fourth-order valence-electron chi connectivity index (χ4n) is 1.52. The molecule has 0 fully saturated rings. The number of benzene rings is 1. The summed E-state index contributed by atoms with van der Waals surface area (Å²) < 4.78 is 112. The van der Waals surface area contributed by atoms with E-state index in [9.17, 15) is 39.5 Å². The minimum Gasteiger partial charge on any atom is -0.166 e. The molecule has 0 bridgehead atoms. The van der Waals surface area contributed by atoms with Crippen LogP contribution in [-0.4, -0.2) is 0 Å². The molecule has 1 aromatic carbocycles. The van der Waals surface area contributed by atoms with Gasteiger partial charge in [0.2, 0.25) is 0 Å². The maximum absolute atomic E-state index is 12.5. The Hall–Kier alpha value is -1.41. The molecule has 0 amide bonds. The number of halogens is 9.